The molecule has 4 nitrogen and oxygen atoms in total. The highest BCUT2D eigenvalue weighted by Crippen LogP contribution is 2.29. The zero-order valence-corrected chi connectivity index (χ0v) is 11.9. The smallest absolute Gasteiger partial charge is 0.240 e. The van der Waals surface area contributed by atoms with E-state index in [9.17, 15) is 8.42 Å². The predicted molar refractivity (Wildman–Crippen MR) is 72.4 cm³/mol. The van der Waals surface area contributed by atoms with Crippen LogP contribution in [-0.4, -0.2) is 20.5 Å². The van der Waals surface area contributed by atoms with Crippen molar-refractivity contribution < 1.29 is 8.42 Å². The third-order valence-electron chi connectivity index (χ3n) is 3.11. The first-order valence-electron chi connectivity index (χ1n) is 5.55. The second kappa shape index (κ2) is 4.98. The van der Waals surface area contributed by atoms with E-state index in [-0.39, 0.29) is 21.5 Å². The molecule has 0 heterocycles. The van der Waals surface area contributed by atoms with Gasteiger partial charge in [-0.2, -0.15) is 0 Å². The van der Waals surface area contributed by atoms with Gasteiger partial charge in [-0.3, -0.25) is 0 Å². The maximum atomic E-state index is 12.0. The van der Waals surface area contributed by atoms with Crippen LogP contribution in [0.4, 0.5) is 0 Å². The molecule has 0 bridgehead atoms. The van der Waals surface area contributed by atoms with Gasteiger partial charge in [-0.05, 0) is 37.5 Å². The summed E-state index contributed by atoms with van der Waals surface area (Å²) in [6, 6.07) is 4.21. The van der Waals surface area contributed by atoms with E-state index in [2.05, 4.69) is 4.72 Å². The quantitative estimate of drug-likeness (QED) is 0.895. The van der Waals surface area contributed by atoms with Gasteiger partial charge in [-0.15, -0.1) is 0 Å². The van der Waals surface area contributed by atoms with Gasteiger partial charge < -0.3 is 5.73 Å². The van der Waals surface area contributed by atoms with Crippen LogP contribution >= 0.6 is 23.2 Å². The summed E-state index contributed by atoms with van der Waals surface area (Å²) in [6.45, 7) is 0.236. The largest absolute Gasteiger partial charge is 0.324 e. The lowest BCUT2D eigenvalue weighted by atomic mass is 9.78. The van der Waals surface area contributed by atoms with Crippen molar-refractivity contribution in [3.63, 3.8) is 0 Å². The molecule has 1 fully saturated rings. The highest BCUT2D eigenvalue weighted by atomic mass is 35.5. The summed E-state index contributed by atoms with van der Waals surface area (Å²) in [4.78, 5) is 0.0583. The van der Waals surface area contributed by atoms with E-state index in [1.54, 1.807) is 0 Å². The van der Waals surface area contributed by atoms with Crippen molar-refractivity contribution in [2.75, 3.05) is 6.54 Å². The van der Waals surface area contributed by atoms with Crippen molar-refractivity contribution >= 4 is 33.2 Å². The number of benzene rings is 1. The predicted octanol–water partition coefficient (Wildman–Crippen LogP) is 2.15. The summed E-state index contributed by atoms with van der Waals surface area (Å²) in [7, 11) is -3.61. The fourth-order valence-electron chi connectivity index (χ4n) is 1.81. The van der Waals surface area contributed by atoms with Crippen molar-refractivity contribution in [1.82, 2.24) is 4.72 Å². The number of sulfonamides is 1. The zero-order valence-electron chi connectivity index (χ0n) is 9.62. The summed E-state index contributed by atoms with van der Waals surface area (Å²) in [5.74, 6) is 0. The average molecular weight is 309 g/mol. The molecule has 0 amide bonds. The first-order valence-corrected chi connectivity index (χ1v) is 7.79. The molecular formula is C11H14Cl2N2O2S. The Morgan fingerprint density at radius 3 is 2.22 bits per heavy atom. The summed E-state index contributed by atoms with van der Waals surface area (Å²) < 4.78 is 26.6. The van der Waals surface area contributed by atoms with Crippen LogP contribution < -0.4 is 10.5 Å². The highest BCUT2D eigenvalue weighted by molar-refractivity contribution is 7.89. The first kappa shape index (κ1) is 14.1. The lowest BCUT2D eigenvalue weighted by Crippen LogP contribution is -2.54. The van der Waals surface area contributed by atoms with Gasteiger partial charge in [0.15, 0.2) is 0 Å². The second-order valence-corrected chi connectivity index (χ2v) is 7.29. The molecule has 18 heavy (non-hydrogen) atoms. The standard InChI is InChI=1S/C11H14Cl2N2O2S/c12-8-4-9(13)6-10(5-8)18(16,17)15-7-11(14)2-1-3-11/h4-6,15H,1-3,7,14H2. The van der Waals surface area contributed by atoms with E-state index in [0.717, 1.165) is 19.3 Å². The molecule has 7 heteroatoms. The number of rotatable bonds is 4. The van der Waals surface area contributed by atoms with E-state index >= 15 is 0 Å². The molecule has 3 N–H and O–H groups in total. The van der Waals surface area contributed by atoms with Crippen LogP contribution in [0.5, 0.6) is 0 Å². The number of nitrogens with two attached hydrogens (primary N) is 1. The Kier molecular flexibility index (Phi) is 3.90. The van der Waals surface area contributed by atoms with Gasteiger partial charge in [-0.1, -0.05) is 23.2 Å². The monoisotopic (exact) mass is 308 g/mol. The molecule has 1 aromatic carbocycles. The van der Waals surface area contributed by atoms with Crippen molar-refractivity contribution in [3.05, 3.63) is 28.2 Å². The number of hydrogen-bond donors (Lipinski definition) is 2. The highest BCUT2D eigenvalue weighted by Gasteiger charge is 2.33. The van der Waals surface area contributed by atoms with E-state index in [1.165, 1.54) is 18.2 Å². The molecule has 0 radical (unpaired) electrons. The Bertz CT molecular complexity index is 536. The van der Waals surface area contributed by atoms with Crippen molar-refractivity contribution in [2.45, 2.75) is 29.7 Å². The second-order valence-electron chi connectivity index (χ2n) is 4.65. The summed E-state index contributed by atoms with van der Waals surface area (Å²) in [6.07, 6.45) is 2.72. The maximum absolute atomic E-state index is 12.0. The summed E-state index contributed by atoms with van der Waals surface area (Å²) in [5, 5.41) is 0.572. The number of hydrogen-bond acceptors (Lipinski definition) is 3. The van der Waals surface area contributed by atoms with Gasteiger partial charge in [0, 0.05) is 22.1 Å². The van der Waals surface area contributed by atoms with Crippen molar-refractivity contribution in [3.8, 4) is 0 Å². The Morgan fingerprint density at radius 1 is 1.22 bits per heavy atom. The molecular weight excluding hydrogens is 295 g/mol. The van der Waals surface area contributed by atoms with Gasteiger partial charge in [0.2, 0.25) is 10.0 Å². The van der Waals surface area contributed by atoms with Gasteiger partial charge >= 0.3 is 0 Å². The zero-order chi connectivity index (χ0) is 13.4. The van der Waals surface area contributed by atoms with Gasteiger partial charge in [-0.25, -0.2) is 13.1 Å². The van der Waals surface area contributed by atoms with Crippen LogP contribution in [0.3, 0.4) is 0 Å². The fourth-order valence-corrected chi connectivity index (χ4v) is 3.68. The fraction of sp³-hybridized carbons (Fsp3) is 0.455. The minimum absolute atomic E-state index is 0.0583. The minimum Gasteiger partial charge on any atom is -0.324 e. The van der Waals surface area contributed by atoms with Gasteiger partial charge in [0.05, 0.1) is 4.90 Å². The Balaban J connectivity index is 2.14. The lowest BCUT2D eigenvalue weighted by Gasteiger charge is -2.38. The van der Waals surface area contributed by atoms with Crippen molar-refractivity contribution in [2.24, 2.45) is 5.73 Å². The maximum Gasteiger partial charge on any atom is 0.240 e. The van der Waals surface area contributed by atoms with Crippen molar-refractivity contribution in [1.29, 1.82) is 0 Å². The first-order chi connectivity index (χ1) is 8.31. The van der Waals surface area contributed by atoms with Crippen LogP contribution in [-0.2, 0) is 10.0 Å². The van der Waals surface area contributed by atoms with Crippen LogP contribution in [0.1, 0.15) is 19.3 Å². The molecule has 0 spiro atoms. The summed E-state index contributed by atoms with van der Waals surface area (Å²) >= 11 is 11.6. The third kappa shape index (κ3) is 3.16. The molecule has 100 valence electrons. The van der Waals surface area contributed by atoms with Crippen LogP contribution in [0, 0.1) is 0 Å². The molecule has 0 aliphatic heterocycles. The molecule has 1 aliphatic rings. The topological polar surface area (TPSA) is 72.2 Å². The van der Waals surface area contributed by atoms with E-state index < -0.39 is 15.6 Å². The number of nitrogens with one attached hydrogen (secondary N) is 1. The molecule has 0 saturated heterocycles. The molecule has 0 unspecified atom stereocenters. The number of halogens is 2. The Labute approximate surface area is 117 Å². The van der Waals surface area contributed by atoms with Gasteiger partial charge in [0.1, 0.15) is 0 Å². The molecule has 2 rings (SSSR count). The van der Waals surface area contributed by atoms with Crippen LogP contribution in [0.15, 0.2) is 23.1 Å². The minimum atomic E-state index is -3.61. The third-order valence-corrected chi connectivity index (χ3v) is 4.93. The molecule has 0 aromatic heterocycles. The SMILES string of the molecule is NC1(CNS(=O)(=O)c2cc(Cl)cc(Cl)c2)CCC1. The average Bonchev–Trinajstić information content (AvgIpc) is 2.22. The van der Waals surface area contributed by atoms with Crippen LogP contribution in [0.2, 0.25) is 10.0 Å². The van der Waals surface area contributed by atoms with E-state index in [1.807, 2.05) is 0 Å². The molecule has 1 aromatic rings. The van der Waals surface area contributed by atoms with E-state index in [0.29, 0.717) is 0 Å². The van der Waals surface area contributed by atoms with Gasteiger partial charge in [0.25, 0.3) is 0 Å². The normalized spacial score (nSPS) is 18.4. The molecule has 1 aliphatic carbocycles. The Morgan fingerprint density at radius 2 is 1.78 bits per heavy atom. The summed E-state index contributed by atoms with van der Waals surface area (Å²) in [5.41, 5.74) is 5.56. The molecule has 0 atom stereocenters. The van der Waals surface area contributed by atoms with E-state index in [4.69, 9.17) is 28.9 Å². The molecule has 1 saturated carbocycles. The Hall–Kier alpha value is -0.330. The van der Waals surface area contributed by atoms with Crippen LogP contribution in [0.25, 0.3) is 0 Å². The lowest BCUT2D eigenvalue weighted by molar-refractivity contribution is 0.251.